The lowest BCUT2D eigenvalue weighted by Gasteiger charge is -2.11. The number of aromatic hydroxyl groups is 1. The van der Waals surface area contributed by atoms with Crippen LogP contribution in [-0.4, -0.2) is 31.1 Å². The first-order valence-corrected chi connectivity index (χ1v) is 7.60. The van der Waals surface area contributed by atoms with Crippen molar-refractivity contribution in [3.63, 3.8) is 0 Å². The van der Waals surface area contributed by atoms with Gasteiger partial charge in [-0.15, -0.1) is 0 Å². The molecule has 0 aromatic heterocycles. The maximum Gasteiger partial charge on any atom is 0.154 e. The molecular formula is C12H16FNO3S. The van der Waals surface area contributed by atoms with Gasteiger partial charge >= 0.3 is 0 Å². The largest absolute Gasteiger partial charge is 0.508 e. The summed E-state index contributed by atoms with van der Waals surface area (Å²) in [4.78, 5) is 0. The number of halogens is 1. The number of hydrogen-bond donors (Lipinski definition) is 2. The van der Waals surface area contributed by atoms with Crippen molar-refractivity contribution in [2.75, 3.05) is 12.3 Å². The van der Waals surface area contributed by atoms with Gasteiger partial charge in [0.1, 0.15) is 11.6 Å². The first-order chi connectivity index (χ1) is 8.49. The molecule has 0 amide bonds. The minimum atomic E-state index is -2.96. The van der Waals surface area contributed by atoms with Gasteiger partial charge < -0.3 is 10.4 Å². The van der Waals surface area contributed by atoms with Gasteiger partial charge in [0.05, 0.1) is 11.0 Å². The van der Waals surface area contributed by atoms with Gasteiger partial charge in [-0.2, -0.15) is 0 Å². The van der Waals surface area contributed by atoms with E-state index in [2.05, 4.69) is 5.32 Å². The van der Waals surface area contributed by atoms with Gasteiger partial charge in [-0.1, -0.05) is 0 Å². The summed E-state index contributed by atoms with van der Waals surface area (Å²) in [6, 6.07) is 3.71. The van der Waals surface area contributed by atoms with Gasteiger partial charge in [0.15, 0.2) is 9.84 Å². The molecule has 4 nitrogen and oxygen atoms in total. The molecule has 1 unspecified atom stereocenters. The molecule has 0 radical (unpaired) electrons. The number of hydrogen-bond acceptors (Lipinski definition) is 4. The highest BCUT2D eigenvalue weighted by molar-refractivity contribution is 7.92. The fourth-order valence-corrected chi connectivity index (χ4v) is 3.95. The normalized spacial score (nSPS) is 22.2. The van der Waals surface area contributed by atoms with Crippen molar-refractivity contribution in [2.24, 2.45) is 0 Å². The highest BCUT2D eigenvalue weighted by atomic mass is 32.2. The molecule has 1 saturated heterocycles. The molecule has 1 aromatic rings. The zero-order valence-corrected chi connectivity index (χ0v) is 10.7. The summed E-state index contributed by atoms with van der Waals surface area (Å²) < 4.78 is 36.1. The fourth-order valence-electron chi connectivity index (χ4n) is 2.15. The molecule has 1 aliphatic rings. The second kappa shape index (κ2) is 5.24. The van der Waals surface area contributed by atoms with Crippen molar-refractivity contribution in [1.82, 2.24) is 5.32 Å². The van der Waals surface area contributed by atoms with E-state index >= 15 is 0 Å². The van der Waals surface area contributed by atoms with Crippen LogP contribution in [0.2, 0.25) is 0 Å². The average molecular weight is 273 g/mol. The Kier molecular flexibility index (Phi) is 3.87. The number of phenols is 1. The fraction of sp³-hybridized carbons (Fsp3) is 0.500. The second-order valence-corrected chi connectivity index (χ2v) is 6.94. The van der Waals surface area contributed by atoms with E-state index < -0.39 is 15.7 Å². The third kappa shape index (κ3) is 3.00. The maximum absolute atomic E-state index is 13.0. The Labute approximate surface area is 106 Å². The van der Waals surface area contributed by atoms with Gasteiger partial charge in [0, 0.05) is 18.7 Å². The Morgan fingerprint density at radius 3 is 2.89 bits per heavy atom. The third-order valence-corrected chi connectivity index (χ3v) is 5.47. The molecule has 0 saturated carbocycles. The van der Waals surface area contributed by atoms with Crippen LogP contribution in [0.15, 0.2) is 18.2 Å². The second-order valence-electron chi connectivity index (χ2n) is 4.54. The molecule has 1 atom stereocenters. The Balaban J connectivity index is 1.91. The molecule has 2 N–H and O–H groups in total. The Morgan fingerprint density at radius 2 is 2.22 bits per heavy atom. The summed E-state index contributed by atoms with van der Waals surface area (Å²) >= 11 is 0. The number of sulfone groups is 1. The van der Waals surface area contributed by atoms with E-state index in [9.17, 15) is 17.9 Å². The Bertz CT molecular complexity index is 530. The lowest BCUT2D eigenvalue weighted by Crippen LogP contribution is -2.30. The third-order valence-electron chi connectivity index (χ3n) is 3.19. The molecule has 1 aromatic carbocycles. The predicted molar refractivity (Wildman–Crippen MR) is 66.6 cm³/mol. The van der Waals surface area contributed by atoms with E-state index in [-0.39, 0.29) is 23.3 Å². The molecule has 0 bridgehead atoms. The van der Waals surface area contributed by atoms with Crippen molar-refractivity contribution in [3.8, 4) is 5.75 Å². The smallest absolute Gasteiger partial charge is 0.154 e. The first-order valence-electron chi connectivity index (χ1n) is 5.89. The molecule has 100 valence electrons. The zero-order valence-electron chi connectivity index (χ0n) is 9.89. The van der Waals surface area contributed by atoms with Crippen LogP contribution < -0.4 is 5.32 Å². The number of phenolic OH excluding ortho intramolecular Hbond substituents is 1. The van der Waals surface area contributed by atoms with E-state index in [0.717, 1.165) is 0 Å². The van der Waals surface area contributed by atoms with Gasteiger partial charge in [-0.3, -0.25) is 0 Å². The summed E-state index contributed by atoms with van der Waals surface area (Å²) in [6.07, 6.45) is 1.38. The molecule has 1 heterocycles. The quantitative estimate of drug-likeness (QED) is 0.865. The average Bonchev–Trinajstić information content (AvgIpc) is 2.63. The van der Waals surface area contributed by atoms with Crippen LogP contribution in [0.3, 0.4) is 0 Å². The van der Waals surface area contributed by atoms with Crippen LogP contribution in [-0.2, 0) is 16.4 Å². The lowest BCUT2D eigenvalue weighted by molar-refractivity contribution is 0.461. The molecule has 1 fully saturated rings. The van der Waals surface area contributed by atoms with E-state index in [1.54, 1.807) is 0 Å². The highest BCUT2D eigenvalue weighted by Crippen LogP contribution is 2.20. The summed E-state index contributed by atoms with van der Waals surface area (Å²) in [7, 11) is -2.96. The maximum atomic E-state index is 13.0. The van der Waals surface area contributed by atoms with Crippen LogP contribution >= 0.6 is 0 Å². The van der Waals surface area contributed by atoms with E-state index in [4.69, 9.17) is 0 Å². The summed E-state index contributed by atoms with van der Waals surface area (Å²) in [5.41, 5.74) is 0.436. The highest BCUT2D eigenvalue weighted by Gasteiger charge is 2.30. The zero-order chi connectivity index (χ0) is 13.2. The van der Waals surface area contributed by atoms with Crippen molar-refractivity contribution < 1.29 is 17.9 Å². The van der Waals surface area contributed by atoms with E-state index in [1.807, 2.05) is 0 Å². The van der Waals surface area contributed by atoms with Crippen LogP contribution in [0.25, 0.3) is 0 Å². The predicted octanol–water partition coefficient (Wildman–Crippen LogP) is 1.20. The SMILES string of the molecule is O=S1(=O)CCCC1CNCc1cc(F)ccc1O. The summed E-state index contributed by atoms with van der Waals surface area (Å²) in [5.74, 6) is -0.152. The van der Waals surface area contributed by atoms with Gasteiger partial charge in [-0.05, 0) is 31.0 Å². The van der Waals surface area contributed by atoms with Crippen LogP contribution in [0.5, 0.6) is 5.75 Å². The molecule has 2 rings (SSSR count). The molecule has 1 aliphatic heterocycles. The minimum absolute atomic E-state index is 0.0122. The Morgan fingerprint density at radius 1 is 1.44 bits per heavy atom. The lowest BCUT2D eigenvalue weighted by atomic mass is 10.2. The summed E-state index contributed by atoms with van der Waals surface area (Å²) in [6.45, 7) is 0.605. The monoisotopic (exact) mass is 273 g/mol. The van der Waals surface area contributed by atoms with Crippen molar-refractivity contribution in [2.45, 2.75) is 24.6 Å². The minimum Gasteiger partial charge on any atom is -0.508 e. The molecule has 0 aliphatic carbocycles. The molecule has 0 spiro atoms. The molecule has 18 heavy (non-hydrogen) atoms. The van der Waals surface area contributed by atoms with Crippen molar-refractivity contribution in [1.29, 1.82) is 0 Å². The van der Waals surface area contributed by atoms with Gasteiger partial charge in [0.2, 0.25) is 0 Å². The van der Waals surface area contributed by atoms with E-state index in [1.165, 1.54) is 18.2 Å². The topological polar surface area (TPSA) is 66.4 Å². The van der Waals surface area contributed by atoms with Gasteiger partial charge in [-0.25, -0.2) is 12.8 Å². The standard InChI is InChI=1S/C12H16FNO3S/c13-10-3-4-12(15)9(6-10)7-14-8-11-2-1-5-18(11,16)17/h3-4,6,11,14-15H,1-2,5,7-8H2. The van der Waals surface area contributed by atoms with E-state index in [0.29, 0.717) is 24.9 Å². The number of nitrogens with one attached hydrogen (secondary N) is 1. The van der Waals surface area contributed by atoms with Crippen LogP contribution in [0, 0.1) is 5.82 Å². The number of rotatable bonds is 4. The van der Waals surface area contributed by atoms with Crippen molar-refractivity contribution >= 4 is 9.84 Å². The van der Waals surface area contributed by atoms with Crippen LogP contribution in [0.4, 0.5) is 4.39 Å². The van der Waals surface area contributed by atoms with Gasteiger partial charge in [0.25, 0.3) is 0 Å². The first kappa shape index (κ1) is 13.3. The summed E-state index contributed by atoms with van der Waals surface area (Å²) in [5, 5.41) is 12.1. The Hall–Kier alpha value is -1.14. The number of benzene rings is 1. The van der Waals surface area contributed by atoms with Crippen molar-refractivity contribution in [3.05, 3.63) is 29.6 Å². The molecule has 6 heteroatoms. The molecular weight excluding hydrogens is 257 g/mol. The van der Waals surface area contributed by atoms with Crippen LogP contribution in [0.1, 0.15) is 18.4 Å².